The van der Waals surface area contributed by atoms with Crippen molar-refractivity contribution in [2.75, 3.05) is 0 Å². The quantitative estimate of drug-likeness (QED) is 0.629. The average molecular weight is 343 g/mol. The lowest BCUT2D eigenvalue weighted by molar-refractivity contribution is -0.0572. The number of ether oxygens (including phenoxy) is 1. The molecule has 2 aliphatic carbocycles. The fourth-order valence-electron chi connectivity index (χ4n) is 3.36. The molecule has 132 valence electrons. The summed E-state index contributed by atoms with van der Waals surface area (Å²) in [6.07, 6.45) is 2.60. The number of nitrogens with one attached hydrogen (secondary N) is 1. The van der Waals surface area contributed by atoms with Gasteiger partial charge >= 0.3 is 6.09 Å². The number of hydrogen-bond donors (Lipinski definition) is 1. The Morgan fingerprint density at radius 2 is 1.91 bits per heavy atom. The summed E-state index contributed by atoms with van der Waals surface area (Å²) in [5.41, 5.74) is 0.335. The minimum atomic E-state index is -1.22. The highest BCUT2D eigenvalue weighted by atomic mass is 32.2. The highest BCUT2D eigenvalue weighted by molar-refractivity contribution is 7.91. The molecule has 0 bridgehead atoms. The lowest BCUT2D eigenvalue weighted by atomic mass is 9.46. The van der Waals surface area contributed by atoms with Gasteiger partial charge in [-0.05, 0) is 73.6 Å². The van der Waals surface area contributed by atoms with Crippen LogP contribution in [-0.2, 0) is 16.1 Å². The Bertz CT molecular complexity index is 507. The normalized spacial score (nSPS) is 32.3. The fourth-order valence-corrected chi connectivity index (χ4v) is 4.03. The van der Waals surface area contributed by atoms with Gasteiger partial charge in [-0.25, -0.2) is 4.79 Å². The van der Waals surface area contributed by atoms with Crippen molar-refractivity contribution < 1.29 is 14.1 Å². The summed E-state index contributed by atoms with van der Waals surface area (Å²) < 4.78 is 21.6. The van der Waals surface area contributed by atoms with E-state index in [4.69, 9.17) is 4.74 Å². The predicted octanol–water partition coefficient (Wildman–Crippen LogP) is 3.60. The maximum absolute atomic E-state index is 12.2. The number of fused-ring (bicyclic) bond motifs is 1. The number of alkyl carbamates (subject to hydrolysis) is 1. The molecule has 0 aromatic rings. The van der Waals surface area contributed by atoms with E-state index < -0.39 is 17.0 Å². The van der Waals surface area contributed by atoms with Crippen molar-refractivity contribution in [2.24, 2.45) is 16.2 Å². The predicted molar refractivity (Wildman–Crippen MR) is 93.9 cm³/mol. The summed E-state index contributed by atoms with van der Waals surface area (Å²) in [6.45, 7) is 13.3. The molecule has 0 aliphatic heterocycles. The smallest absolute Gasteiger partial charge is 0.408 e. The number of carbonyl (C=O) groups is 1. The van der Waals surface area contributed by atoms with Crippen molar-refractivity contribution in [3.8, 4) is 0 Å². The van der Waals surface area contributed by atoms with Crippen LogP contribution in [0.1, 0.15) is 67.7 Å². The summed E-state index contributed by atoms with van der Waals surface area (Å²) in [5.74, 6) is 0.723. The minimum Gasteiger partial charge on any atom is -0.591 e. The van der Waals surface area contributed by atoms with E-state index in [1.54, 1.807) is 0 Å². The van der Waals surface area contributed by atoms with Gasteiger partial charge in [-0.1, -0.05) is 4.40 Å². The van der Waals surface area contributed by atoms with Crippen molar-refractivity contribution in [2.45, 2.75) is 83.6 Å². The molecule has 1 amide bonds. The maximum atomic E-state index is 12.2. The molecular weight excluding hydrogens is 312 g/mol. The van der Waals surface area contributed by atoms with Crippen LogP contribution >= 0.6 is 0 Å². The van der Waals surface area contributed by atoms with Gasteiger partial charge in [0.05, 0.1) is 5.71 Å². The Kier molecular flexibility index (Phi) is 4.81. The molecule has 4 unspecified atom stereocenters. The Morgan fingerprint density at radius 3 is 2.30 bits per heavy atom. The van der Waals surface area contributed by atoms with Gasteiger partial charge in [-0.15, -0.1) is 0 Å². The molecule has 2 rings (SSSR count). The molecule has 23 heavy (non-hydrogen) atoms. The Morgan fingerprint density at radius 1 is 1.30 bits per heavy atom. The van der Waals surface area contributed by atoms with Crippen LogP contribution in [0.15, 0.2) is 4.40 Å². The van der Waals surface area contributed by atoms with Crippen LogP contribution in [-0.4, -0.2) is 32.2 Å². The molecule has 1 N–H and O–H groups in total. The number of carbonyl (C=O) groups excluding carboxylic acids is 1. The largest absolute Gasteiger partial charge is 0.591 e. The van der Waals surface area contributed by atoms with Crippen LogP contribution in [0, 0.1) is 11.8 Å². The van der Waals surface area contributed by atoms with Gasteiger partial charge in [0.25, 0.3) is 0 Å². The fraction of sp³-hybridized carbons (Fsp3) is 0.882. The van der Waals surface area contributed by atoms with Gasteiger partial charge in [0.1, 0.15) is 21.7 Å². The monoisotopic (exact) mass is 342 g/mol. The van der Waals surface area contributed by atoms with Gasteiger partial charge in [0.2, 0.25) is 0 Å². The van der Waals surface area contributed by atoms with Crippen LogP contribution in [0.25, 0.3) is 0 Å². The molecule has 0 heterocycles. The molecule has 2 fully saturated rings. The van der Waals surface area contributed by atoms with Crippen LogP contribution in [0.4, 0.5) is 4.79 Å². The van der Waals surface area contributed by atoms with Crippen LogP contribution in [0.5, 0.6) is 0 Å². The number of amides is 1. The van der Waals surface area contributed by atoms with Crippen molar-refractivity contribution in [1.29, 1.82) is 0 Å². The summed E-state index contributed by atoms with van der Waals surface area (Å²) in [5, 5.41) is 3.06. The van der Waals surface area contributed by atoms with Gasteiger partial charge in [-0.3, -0.25) is 0 Å². The minimum absolute atomic E-state index is 0.132. The van der Waals surface area contributed by atoms with E-state index in [1.165, 1.54) is 0 Å². The van der Waals surface area contributed by atoms with Crippen molar-refractivity contribution in [3.63, 3.8) is 0 Å². The van der Waals surface area contributed by atoms with Crippen molar-refractivity contribution in [1.82, 2.24) is 5.32 Å². The molecule has 0 radical (unpaired) electrons. The third-order valence-corrected chi connectivity index (χ3v) is 6.22. The molecule has 4 atom stereocenters. The summed E-state index contributed by atoms with van der Waals surface area (Å²) in [7, 11) is 0. The molecule has 0 saturated heterocycles. The second-order valence-corrected chi connectivity index (χ2v) is 10.7. The topological polar surface area (TPSA) is 73.8 Å². The number of rotatable bonds is 3. The highest BCUT2D eigenvalue weighted by Crippen LogP contribution is 2.58. The Balaban J connectivity index is 1.95. The first kappa shape index (κ1) is 18.6. The molecule has 0 spiro atoms. The standard InChI is InChI=1S/C17H30N2O3S/c1-11(19-23(21)16(5,6)7)12-10-17(9-8-13(12)17)18-14(20)22-15(2,3)4/h12-13H,8-10H2,1-7H3,(H,18,20). The molecule has 5 nitrogen and oxygen atoms in total. The summed E-state index contributed by atoms with van der Waals surface area (Å²) in [6, 6.07) is 0. The van der Waals surface area contributed by atoms with E-state index in [0.717, 1.165) is 25.0 Å². The zero-order valence-corrected chi connectivity index (χ0v) is 16.2. The molecule has 2 aliphatic rings. The molecule has 0 aromatic heterocycles. The molecule has 0 aromatic carbocycles. The Labute approximate surface area is 143 Å². The molecule has 6 heteroatoms. The van der Waals surface area contributed by atoms with E-state index in [9.17, 15) is 9.35 Å². The van der Waals surface area contributed by atoms with Gasteiger partial charge < -0.3 is 14.6 Å². The van der Waals surface area contributed by atoms with E-state index in [-0.39, 0.29) is 16.4 Å². The van der Waals surface area contributed by atoms with E-state index >= 15 is 0 Å². The third-order valence-electron chi connectivity index (χ3n) is 4.72. The molecule has 2 saturated carbocycles. The zero-order chi connectivity index (χ0) is 17.6. The second-order valence-electron chi connectivity index (χ2n) is 8.83. The van der Waals surface area contributed by atoms with Crippen LogP contribution in [0.2, 0.25) is 0 Å². The van der Waals surface area contributed by atoms with Gasteiger partial charge in [0.15, 0.2) is 0 Å². The SMILES string of the molecule is CC(=N[S+]([O-])C(C)(C)C)C1CC2(NC(=O)OC(C)(C)C)CCC12. The van der Waals surface area contributed by atoms with Crippen molar-refractivity contribution >= 4 is 23.2 Å². The van der Waals surface area contributed by atoms with E-state index in [0.29, 0.717) is 11.8 Å². The highest BCUT2D eigenvalue weighted by Gasteiger charge is 2.62. The third kappa shape index (κ3) is 4.02. The first-order valence-corrected chi connectivity index (χ1v) is 9.43. The lowest BCUT2D eigenvalue weighted by Gasteiger charge is -2.63. The van der Waals surface area contributed by atoms with E-state index in [2.05, 4.69) is 9.71 Å². The van der Waals surface area contributed by atoms with Crippen LogP contribution in [0.3, 0.4) is 0 Å². The van der Waals surface area contributed by atoms with E-state index in [1.807, 2.05) is 48.5 Å². The van der Waals surface area contributed by atoms with Crippen LogP contribution < -0.4 is 5.32 Å². The maximum Gasteiger partial charge on any atom is 0.408 e. The second kappa shape index (κ2) is 5.96. The van der Waals surface area contributed by atoms with Gasteiger partial charge in [-0.2, -0.15) is 0 Å². The first-order chi connectivity index (χ1) is 10.3. The first-order valence-electron chi connectivity index (χ1n) is 8.32. The van der Waals surface area contributed by atoms with Crippen molar-refractivity contribution in [3.05, 3.63) is 0 Å². The lowest BCUT2D eigenvalue weighted by Crippen LogP contribution is -2.71. The molecular formula is C17H30N2O3S. The number of nitrogens with zero attached hydrogens (tertiary/aromatic N) is 1. The Hall–Kier alpha value is -0.750. The average Bonchev–Trinajstić information content (AvgIpc) is 2.32. The summed E-state index contributed by atoms with van der Waals surface area (Å²) in [4.78, 5) is 12.0. The zero-order valence-electron chi connectivity index (χ0n) is 15.4. The van der Waals surface area contributed by atoms with Gasteiger partial charge in [0, 0.05) is 11.5 Å². The summed E-state index contributed by atoms with van der Waals surface area (Å²) >= 11 is -1.22. The number of hydrogen-bond acceptors (Lipinski definition) is 4.